The molecule has 3 rings (SSSR count). The van der Waals surface area contributed by atoms with Crippen molar-refractivity contribution in [3.8, 4) is 11.3 Å². The quantitative estimate of drug-likeness (QED) is 0.382. The van der Waals surface area contributed by atoms with Gasteiger partial charge in [-0.15, -0.1) is 9.50 Å². The summed E-state index contributed by atoms with van der Waals surface area (Å²) in [6.07, 6.45) is 1.80. The van der Waals surface area contributed by atoms with Crippen LogP contribution >= 0.6 is 11.3 Å². The van der Waals surface area contributed by atoms with Gasteiger partial charge < -0.3 is 4.90 Å². The fourth-order valence-corrected chi connectivity index (χ4v) is 4.08. The number of rotatable bonds is 5. The number of nitrogens with zero attached hydrogens (tertiary/aromatic N) is 5. The van der Waals surface area contributed by atoms with E-state index in [2.05, 4.69) is 14.5 Å². The highest BCUT2D eigenvalue weighted by Crippen LogP contribution is 2.28. The Labute approximate surface area is 148 Å². The first-order chi connectivity index (χ1) is 11.8. The van der Waals surface area contributed by atoms with Crippen LogP contribution in [-0.4, -0.2) is 54.6 Å². The van der Waals surface area contributed by atoms with E-state index in [4.69, 9.17) is 0 Å². The van der Waals surface area contributed by atoms with E-state index in [1.807, 2.05) is 31.2 Å². The van der Waals surface area contributed by atoms with Gasteiger partial charge in [0.25, 0.3) is 4.34 Å². The smallest absolute Gasteiger partial charge is 0.312 e. The molecule has 8 nitrogen and oxygen atoms in total. The van der Waals surface area contributed by atoms with Crippen molar-refractivity contribution in [3.63, 3.8) is 0 Å². The standard InChI is InChI=1S/C15H15N5O3S2/c1-10-4-6-11(7-5-10)13-12(8-21)20-14(17-13)24-15(18-20)25(22,23)16-9-19(2)3/h4-9H,1-3H3/b16-9+. The van der Waals surface area contributed by atoms with Gasteiger partial charge in [-0.2, -0.15) is 12.9 Å². The number of hydrogen-bond acceptors (Lipinski definition) is 6. The van der Waals surface area contributed by atoms with E-state index in [0.29, 0.717) is 16.9 Å². The van der Waals surface area contributed by atoms with Crippen molar-refractivity contribution in [2.45, 2.75) is 11.3 Å². The fraction of sp³-hybridized carbons (Fsp3) is 0.200. The molecule has 1 aromatic carbocycles. The highest BCUT2D eigenvalue weighted by molar-refractivity contribution is 7.92. The fourth-order valence-electron chi connectivity index (χ4n) is 2.08. The molecule has 0 aliphatic carbocycles. The Morgan fingerprint density at radius 2 is 1.92 bits per heavy atom. The highest BCUT2D eigenvalue weighted by atomic mass is 32.2. The number of imidazole rings is 1. The number of sulfonamides is 1. The lowest BCUT2D eigenvalue weighted by Gasteiger charge is -2.01. The Balaban J connectivity index is 2.10. The third kappa shape index (κ3) is 3.30. The normalized spacial score (nSPS) is 12.1. The summed E-state index contributed by atoms with van der Waals surface area (Å²) in [4.78, 5) is 17.7. The van der Waals surface area contributed by atoms with Crippen LogP contribution < -0.4 is 0 Å². The Morgan fingerprint density at radius 1 is 1.24 bits per heavy atom. The monoisotopic (exact) mass is 377 g/mol. The average molecular weight is 377 g/mol. The van der Waals surface area contributed by atoms with Crippen LogP contribution in [0.2, 0.25) is 0 Å². The van der Waals surface area contributed by atoms with Crippen molar-refractivity contribution in [1.29, 1.82) is 0 Å². The molecule has 0 bridgehead atoms. The minimum atomic E-state index is -3.94. The minimum Gasteiger partial charge on any atom is -0.368 e. The topological polar surface area (TPSA) is 97.0 Å². The number of aryl methyl sites for hydroxylation is 1. The summed E-state index contributed by atoms with van der Waals surface area (Å²) in [5.74, 6) is 0. The Hall–Kier alpha value is -2.59. The lowest BCUT2D eigenvalue weighted by atomic mass is 10.1. The lowest BCUT2D eigenvalue weighted by Crippen LogP contribution is -2.10. The van der Waals surface area contributed by atoms with Gasteiger partial charge in [-0.05, 0) is 6.92 Å². The van der Waals surface area contributed by atoms with Gasteiger partial charge in [-0.25, -0.2) is 4.98 Å². The van der Waals surface area contributed by atoms with E-state index >= 15 is 0 Å². The summed E-state index contributed by atoms with van der Waals surface area (Å²) >= 11 is 0.866. The van der Waals surface area contributed by atoms with E-state index in [0.717, 1.165) is 22.5 Å². The van der Waals surface area contributed by atoms with Gasteiger partial charge in [0.1, 0.15) is 17.7 Å². The Morgan fingerprint density at radius 3 is 2.52 bits per heavy atom. The maximum Gasteiger partial charge on any atom is 0.312 e. The van der Waals surface area contributed by atoms with E-state index in [-0.39, 0.29) is 10.0 Å². The van der Waals surface area contributed by atoms with E-state index in [1.165, 1.54) is 15.8 Å². The molecule has 10 heteroatoms. The van der Waals surface area contributed by atoms with Crippen molar-refractivity contribution < 1.29 is 13.2 Å². The zero-order chi connectivity index (χ0) is 18.2. The largest absolute Gasteiger partial charge is 0.368 e. The second-order valence-corrected chi connectivity index (χ2v) is 8.31. The van der Waals surface area contributed by atoms with Gasteiger partial charge >= 0.3 is 10.0 Å². The predicted octanol–water partition coefficient (Wildman–Crippen LogP) is 1.86. The highest BCUT2D eigenvalue weighted by Gasteiger charge is 2.23. The van der Waals surface area contributed by atoms with E-state index in [1.54, 1.807) is 14.1 Å². The van der Waals surface area contributed by atoms with Gasteiger partial charge in [-0.3, -0.25) is 4.79 Å². The molecule has 0 aliphatic heterocycles. The van der Waals surface area contributed by atoms with E-state index in [9.17, 15) is 13.2 Å². The zero-order valence-corrected chi connectivity index (χ0v) is 15.4. The maximum absolute atomic E-state index is 12.2. The van der Waals surface area contributed by atoms with Crippen molar-refractivity contribution >= 4 is 38.9 Å². The number of hydrogen-bond donors (Lipinski definition) is 0. The summed E-state index contributed by atoms with van der Waals surface area (Å²) in [7, 11) is -0.619. The molecule has 0 atom stereocenters. The molecule has 0 saturated heterocycles. The van der Waals surface area contributed by atoms with Crippen molar-refractivity contribution in [3.05, 3.63) is 35.5 Å². The van der Waals surface area contributed by atoms with Crippen LogP contribution in [0.1, 0.15) is 16.1 Å². The molecule has 0 saturated carbocycles. The summed E-state index contributed by atoms with van der Waals surface area (Å²) < 4.78 is 28.9. The first-order valence-electron chi connectivity index (χ1n) is 7.20. The van der Waals surface area contributed by atoms with Crippen LogP contribution in [0.4, 0.5) is 0 Å². The molecule has 0 N–H and O–H groups in total. The third-order valence-electron chi connectivity index (χ3n) is 3.29. The molecule has 3 aromatic rings. The molecular formula is C15H15N5O3S2. The van der Waals surface area contributed by atoms with Gasteiger partial charge in [0.15, 0.2) is 6.29 Å². The first kappa shape index (κ1) is 17.2. The number of carbonyl (C=O) groups is 1. The van der Waals surface area contributed by atoms with Crippen molar-refractivity contribution in [2.24, 2.45) is 4.40 Å². The lowest BCUT2D eigenvalue weighted by molar-refractivity contribution is 0.111. The van der Waals surface area contributed by atoms with Crippen LogP contribution in [0.25, 0.3) is 16.2 Å². The summed E-state index contributed by atoms with van der Waals surface area (Å²) in [6, 6.07) is 7.54. The second-order valence-electron chi connectivity index (χ2n) is 5.55. The zero-order valence-electron chi connectivity index (χ0n) is 13.7. The van der Waals surface area contributed by atoms with Crippen LogP contribution in [0.3, 0.4) is 0 Å². The molecule has 0 unspecified atom stereocenters. The SMILES string of the molecule is Cc1ccc(-c2nc3sc(S(=O)(=O)/N=C/N(C)C)nn3c2C=O)cc1. The first-order valence-corrected chi connectivity index (χ1v) is 9.46. The van der Waals surface area contributed by atoms with Gasteiger partial charge in [0, 0.05) is 19.7 Å². The molecule has 0 spiro atoms. The number of carbonyl (C=O) groups excluding carboxylic acids is 1. The number of aromatic nitrogens is 3. The molecule has 25 heavy (non-hydrogen) atoms. The molecule has 2 heterocycles. The minimum absolute atomic E-state index is 0.202. The van der Waals surface area contributed by atoms with Crippen molar-refractivity contribution in [2.75, 3.05) is 14.1 Å². The van der Waals surface area contributed by atoms with Gasteiger partial charge in [0.05, 0.1) is 0 Å². The van der Waals surface area contributed by atoms with Crippen LogP contribution in [0.5, 0.6) is 0 Å². The summed E-state index contributed by atoms with van der Waals surface area (Å²) in [5.41, 5.74) is 2.52. The molecule has 0 fully saturated rings. The van der Waals surface area contributed by atoms with Gasteiger partial charge in [-0.1, -0.05) is 41.2 Å². The van der Waals surface area contributed by atoms with E-state index < -0.39 is 10.0 Å². The molecular weight excluding hydrogens is 362 g/mol. The molecule has 0 radical (unpaired) electrons. The number of fused-ring (bicyclic) bond motifs is 1. The maximum atomic E-state index is 12.2. The predicted molar refractivity (Wildman–Crippen MR) is 95.8 cm³/mol. The summed E-state index contributed by atoms with van der Waals surface area (Å²) in [5, 5.41) is 4.02. The van der Waals surface area contributed by atoms with Crippen LogP contribution in [0, 0.1) is 6.92 Å². The number of aldehydes is 1. The second kappa shape index (κ2) is 6.37. The Kier molecular flexibility index (Phi) is 4.39. The van der Waals surface area contributed by atoms with Gasteiger partial charge in [0.2, 0.25) is 4.96 Å². The number of benzene rings is 1. The van der Waals surface area contributed by atoms with Crippen LogP contribution in [0.15, 0.2) is 33.0 Å². The molecule has 0 aliphatic rings. The van der Waals surface area contributed by atoms with Crippen molar-refractivity contribution in [1.82, 2.24) is 19.5 Å². The molecule has 130 valence electrons. The Bertz CT molecular complexity index is 1060. The van der Waals surface area contributed by atoms with Crippen LogP contribution in [-0.2, 0) is 10.0 Å². The average Bonchev–Trinajstić information content (AvgIpc) is 3.11. The third-order valence-corrected chi connectivity index (χ3v) is 5.77. The molecule has 2 aromatic heterocycles. The molecule has 0 amide bonds. The summed E-state index contributed by atoms with van der Waals surface area (Å²) in [6.45, 7) is 1.96.